The van der Waals surface area contributed by atoms with Crippen molar-refractivity contribution in [3.05, 3.63) is 64.1 Å². The minimum absolute atomic E-state index is 0.617. The van der Waals surface area contributed by atoms with Crippen LogP contribution >= 0.6 is 15.9 Å². The molecule has 0 fully saturated rings. The van der Waals surface area contributed by atoms with Gasteiger partial charge in [0, 0.05) is 10.0 Å². The molecular formula is C15H13BrN4. The fourth-order valence-electron chi connectivity index (χ4n) is 1.99. The molecule has 100 valence electrons. The fraction of sp³-hybridized carbons (Fsp3) is 0.133. The van der Waals surface area contributed by atoms with Gasteiger partial charge in [0.1, 0.15) is 0 Å². The number of nitrogens with zero attached hydrogens (tertiary/aromatic N) is 4. The predicted molar refractivity (Wildman–Crippen MR) is 81.2 cm³/mol. The zero-order valence-corrected chi connectivity index (χ0v) is 12.6. The molecule has 20 heavy (non-hydrogen) atoms. The summed E-state index contributed by atoms with van der Waals surface area (Å²) in [4.78, 5) is 1.62. The summed E-state index contributed by atoms with van der Waals surface area (Å²) >= 11 is 3.42. The smallest absolute Gasteiger partial charge is 0.159 e. The van der Waals surface area contributed by atoms with Crippen LogP contribution in [0.3, 0.4) is 0 Å². The monoisotopic (exact) mass is 328 g/mol. The van der Waals surface area contributed by atoms with Crippen LogP contribution in [0, 0.1) is 6.92 Å². The van der Waals surface area contributed by atoms with Crippen molar-refractivity contribution in [2.45, 2.75) is 13.5 Å². The largest absolute Gasteiger partial charge is 0.205 e. The van der Waals surface area contributed by atoms with E-state index < -0.39 is 0 Å². The molecule has 0 radical (unpaired) electrons. The van der Waals surface area contributed by atoms with E-state index in [1.807, 2.05) is 55.5 Å². The molecule has 5 heteroatoms. The van der Waals surface area contributed by atoms with Gasteiger partial charge in [-0.25, -0.2) is 0 Å². The molecule has 0 spiro atoms. The van der Waals surface area contributed by atoms with Gasteiger partial charge < -0.3 is 0 Å². The zero-order valence-electron chi connectivity index (χ0n) is 11.0. The Kier molecular flexibility index (Phi) is 3.60. The number of halogens is 1. The maximum absolute atomic E-state index is 4.44. The highest BCUT2D eigenvalue weighted by Crippen LogP contribution is 2.18. The van der Waals surface area contributed by atoms with E-state index in [9.17, 15) is 0 Å². The molecule has 3 aromatic rings. The molecule has 2 aromatic carbocycles. The number of tetrazole rings is 1. The summed E-state index contributed by atoms with van der Waals surface area (Å²) in [5.74, 6) is 0.667. The SMILES string of the molecule is Cc1ccccc1-c1nnn(Cc2ccc(Br)cc2)n1. The van der Waals surface area contributed by atoms with Crippen LogP contribution in [-0.2, 0) is 6.54 Å². The molecule has 4 nitrogen and oxygen atoms in total. The Morgan fingerprint density at radius 2 is 1.80 bits per heavy atom. The quantitative estimate of drug-likeness (QED) is 0.739. The van der Waals surface area contributed by atoms with Crippen LogP contribution in [0.5, 0.6) is 0 Å². The van der Waals surface area contributed by atoms with Gasteiger partial charge in [0.2, 0.25) is 5.82 Å². The second-order valence-electron chi connectivity index (χ2n) is 4.58. The van der Waals surface area contributed by atoms with Crippen molar-refractivity contribution in [1.29, 1.82) is 0 Å². The fourth-order valence-corrected chi connectivity index (χ4v) is 2.26. The van der Waals surface area contributed by atoms with Gasteiger partial charge in [0.05, 0.1) is 6.54 Å². The second-order valence-corrected chi connectivity index (χ2v) is 5.50. The van der Waals surface area contributed by atoms with E-state index in [-0.39, 0.29) is 0 Å². The van der Waals surface area contributed by atoms with Crippen LogP contribution in [-0.4, -0.2) is 20.2 Å². The van der Waals surface area contributed by atoms with Gasteiger partial charge in [0.15, 0.2) is 0 Å². The van der Waals surface area contributed by atoms with Crippen LogP contribution in [0.25, 0.3) is 11.4 Å². The summed E-state index contributed by atoms with van der Waals surface area (Å²) in [6, 6.07) is 16.1. The maximum atomic E-state index is 4.44. The number of hydrogen-bond acceptors (Lipinski definition) is 3. The van der Waals surface area contributed by atoms with Crippen molar-refractivity contribution in [3.63, 3.8) is 0 Å². The highest BCUT2D eigenvalue weighted by Gasteiger charge is 2.08. The Balaban J connectivity index is 1.84. The number of aromatic nitrogens is 4. The van der Waals surface area contributed by atoms with Gasteiger partial charge in [-0.1, -0.05) is 52.3 Å². The van der Waals surface area contributed by atoms with Gasteiger partial charge >= 0.3 is 0 Å². The summed E-state index contributed by atoms with van der Waals surface area (Å²) in [7, 11) is 0. The normalized spacial score (nSPS) is 10.7. The lowest BCUT2D eigenvalue weighted by molar-refractivity contribution is 0.573. The van der Waals surface area contributed by atoms with E-state index in [4.69, 9.17) is 0 Å². The third-order valence-electron chi connectivity index (χ3n) is 3.08. The zero-order chi connectivity index (χ0) is 13.9. The molecule has 0 bridgehead atoms. The molecule has 0 saturated heterocycles. The second kappa shape index (κ2) is 5.54. The highest BCUT2D eigenvalue weighted by atomic mass is 79.9. The first-order valence-electron chi connectivity index (χ1n) is 6.30. The van der Waals surface area contributed by atoms with Crippen molar-refractivity contribution < 1.29 is 0 Å². The molecule has 0 aliphatic carbocycles. The summed E-state index contributed by atoms with van der Waals surface area (Å²) < 4.78 is 1.06. The first-order valence-corrected chi connectivity index (χ1v) is 7.10. The van der Waals surface area contributed by atoms with E-state index >= 15 is 0 Å². The van der Waals surface area contributed by atoms with Crippen LogP contribution < -0.4 is 0 Å². The minimum Gasteiger partial charge on any atom is -0.159 e. The van der Waals surface area contributed by atoms with E-state index in [1.165, 1.54) is 0 Å². The Morgan fingerprint density at radius 1 is 1.05 bits per heavy atom. The molecule has 0 amide bonds. The topological polar surface area (TPSA) is 43.6 Å². The van der Waals surface area contributed by atoms with E-state index in [2.05, 4.69) is 31.3 Å². The molecule has 0 N–H and O–H groups in total. The van der Waals surface area contributed by atoms with E-state index in [1.54, 1.807) is 4.80 Å². The van der Waals surface area contributed by atoms with Crippen molar-refractivity contribution >= 4 is 15.9 Å². The number of benzene rings is 2. The maximum Gasteiger partial charge on any atom is 0.205 e. The average Bonchev–Trinajstić information content (AvgIpc) is 2.90. The predicted octanol–water partition coefficient (Wildman–Crippen LogP) is 3.46. The van der Waals surface area contributed by atoms with Gasteiger partial charge in [-0.15, -0.1) is 10.2 Å². The third-order valence-corrected chi connectivity index (χ3v) is 3.60. The van der Waals surface area contributed by atoms with Gasteiger partial charge in [-0.05, 0) is 35.4 Å². The standard InChI is InChI=1S/C15H13BrN4/c1-11-4-2-3-5-14(11)15-17-19-20(18-15)10-12-6-8-13(16)9-7-12/h2-9H,10H2,1H3. The Morgan fingerprint density at radius 3 is 2.55 bits per heavy atom. The molecule has 1 heterocycles. The van der Waals surface area contributed by atoms with E-state index in [0.717, 1.165) is 21.2 Å². The van der Waals surface area contributed by atoms with Crippen molar-refractivity contribution in [3.8, 4) is 11.4 Å². The molecule has 1 aromatic heterocycles. The van der Waals surface area contributed by atoms with E-state index in [0.29, 0.717) is 12.4 Å². The average molecular weight is 329 g/mol. The first kappa shape index (κ1) is 13.0. The van der Waals surface area contributed by atoms with Crippen LogP contribution in [0.4, 0.5) is 0 Å². The van der Waals surface area contributed by atoms with Crippen LogP contribution in [0.15, 0.2) is 53.0 Å². The molecule has 3 rings (SSSR count). The molecule has 0 saturated carbocycles. The van der Waals surface area contributed by atoms with Gasteiger partial charge in [0.25, 0.3) is 0 Å². The third kappa shape index (κ3) is 2.77. The number of rotatable bonds is 3. The Hall–Kier alpha value is -2.01. The van der Waals surface area contributed by atoms with Gasteiger partial charge in [-0.2, -0.15) is 4.80 Å². The first-order chi connectivity index (χ1) is 9.72. The summed E-state index contributed by atoms with van der Waals surface area (Å²) in [5, 5.41) is 12.7. The minimum atomic E-state index is 0.617. The molecular weight excluding hydrogens is 316 g/mol. The molecule has 0 atom stereocenters. The molecule has 0 aliphatic rings. The van der Waals surface area contributed by atoms with Crippen molar-refractivity contribution in [2.75, 3.05) is 0 Å². The Labute approximate surface area is 125 Å². The van der Waals surface area contributed by atoms with Crippen molar-refractivity contribution in [1.82, 2.24) is 20.2 Å². The van der Waals surface area contributed by atoms with Crippen molar-refractivity contribution in [2.24, 2.45) is 0 Å². The Bertz CT molecular complexity index is 719. The van der Waals surface area contributed by atoms with Crippen LogP contribution in [0.2, 0.25) is 0 Å². The lowest BCUT2D eigenvalue weighted by Gasteiger charge is -2.00. The van der Waals surface area contributed by atoms with Crippen LogP contribution in [0.1, 0.15) is 11.1 Å². The molecule has 0 aliphatic heterocycles. The summed E-state index contributed by atoms with van der Waals surface area (Å²) in [6.45, 7) is 2.66. The number of aryl methyl sites for hydroxylation is 1. The summed E-state index contributed by atoms with van der Waals surface area (Å²) in [6.07, 6.45) is 0. The molecule has 0 unspecified atom stereocenters. The summed E-state index contributed by atoms with van der Waals surface area (Å²) in [5.41, 5.74) is 3.31. The lowest BCUT2D eigenvalue weighted by atomic mass is 10.1. The highest BCUT2D eigenvalue weighted by molar-refractivity contribution is 9.10. The number of hydrogen-bond donors (Lipinski definition) is 0. The van der Waals surface area contributed by atoms with Gasteiger partial charge in [-0.3, -0.25) is 0 Å². The lowest BCUT2D eigenvalue weighted by Crippen LogP contribution is -2.03.